The molecular weight excluding hydrogens is 296 g/mol. The molecule has 0 spiro atoms. The Morgan fingerprint density at radius 3 is 2.73 bits per heavy atom. The van der Waals surface area contributed by atoms with Gasteiger partial charge in [-0.2, -0.15) is 5.10 Å². The van der Waals surface area contributed by atoms with Crippen molar-refractivity contribution in [2.75, 3.05) is 0 Å². The first kappa shape index (κ1) is 14.7. The van der Waals surface area contributed by atoms with E-state index in [-0.39, 0.29) is 0 Å². The minimum atomic E-state index is 0.527. The quantitative estimate of drug-likeness (QED) is 0.703. The predicted molar refractivity (Wildman–Crippen MR) is 87.1 cm³/mol. The summed E-state index contributed by atoms with van der Waals surface area (Å²) in [5, 5.41) is 4.88. The molecule has 0 fully saturated rings. The number of nitrogens with zero attached hydrogens (tertiary/aromatic N) is 2. The molecule has 1 heterocycles. The average molecular weight is 312 g/mol. The Kier molecular flexibility index (Phi) is 4.45. The number of benzene rings is 2. The van der Waals surface area contributed by atoms with Gasteiger partial charge in [0.15, 0.2) is 0 Å². The van der Waals surface area contributed by atoms with Gasteiger partial charge in [0.25, 0.3) is 0 Å². The summed E-state index contributed by atoms with van der Waals surface area (Å²) < 4.78 is 7.83. The zero-order valence-corrected chi connectivity index (χ0v) is 13.0. The van der Waals surface area contributed by atoms with Crippen LogP contribution in [0, 0.1) is 13.1 Å². The van der Waals surface area contributed by atoms with Gasteiger partial charge in [0.2, 0.25) is 0 Å². The number of aryl methyl sites for hydroxylation is 1. The summed E-state index contributed by atoms with van der Waals surface area (Å²) in [6.45, 7) is 3.14. The van der Waals surface area contributed by atoms with E-state index in [1.807, 2.05) is 66.2 Å². The van der Waals surface area contributed by atoms with E-state index in [0.717, 1.165) is 22.6 Å². The normalized spacial score (nSPS) is 10.6. The molecule has 1 aromatic heterocycles. The molecule has 0 aliphatic rings. The van der Waals surface area contributed by atoms with E-state index < -0.39 is 0 Å². The first-order valence-electron chi connectivity index (χ1n) is 7.08. The summed E-state index contributed by atoms with van der Waals surface area (Å²) >= 11 is 6.12. The maximum atomic E-state index is 6.12. The molecule has 3 rings (SSSR count). The van der Waals surface area contributed by atoms with Gasteiger partial charge < -0.3 is 4.74 Å². The van der Waals surface area contributed by atoms with Crippen molar-refractivity contribution in [1.82, 2.24) is 9.78 Å². The van der Waals surface area contributed by atoms with Crippen LogP contribution < -0.4 is 4.74 Å². The average Bonchev–Trinajstić information content (AvgIpc) is 2.93. The van der Waals surface area contributed by atoms with Crippen LogP contribution in [0.25, 0.3) is 0 Å². The highest BCUT2D eigenvalue weighted by atomic mass is 35.5. The van der Waals surface area contributed by atoms with Crippen molar-refractivity contribution in [3.05, 3.63) is 82.6 Å². The molecule has 0 unspecified atom stereocenters. The molecule has 0 aliphatic heterocycles. The lowest BCUT2D eigenvalue weighted by atomic mass is 10.2. The van der Waals surface area contributed by atoms with Crippen molar-refractivity contribution in [3.8, 4) is 5.75 Å². The van der Waals surface area contributed by atoms with Crippen molar-refractivity contribution < 1.29 is 4.74 Å². The van der Waals surface area contributed by atoms with Crippen molar-refractivity contribution in [3.63, 3.8) is 0 Å². The van der Waals surface area contributed by atoms with E-state index in [9.17, 15) is 0 Å². The Morgan fingerprint density at radius 2 is 2.00 bits per heavy atom. The predicted octanol–water partition coefficient (Wildman–Crippen LogP) is 4.27. The first-order chi connectivity index (χ1) is 10.7. The van der Waals surface area contributed by atoms with Crippen LogP contribution in [0.3, 0.4) is 0 Å². The molecule has 0 amide bonds. The molecule has 0 saturated carbocycles. The fourth-order valence-electron chi connectivity index (χ4n) is 2.21. The lowest BCUT2D eigenvalue weighted by Crippen LogP contribution is -2.06. The molecule has 0 bridgehead atoms. The van der Waals surface area contributed by atoms with E-state index in [0.29, 0.717) is 18.2 Å². The van der Waals surface area contributed by atoms with Gasteiger partial charge >= 0.3 is 0 Å². The number of rotatable bonds is 5. The highest BCUT2D eigenvalue weighted by Gasteiger charge is 2.08. The van der Waals surface area contributed by atoms with Gasteiger partial charge in [0, 0.05) is 16.3 Å². The number of aromatic nitrogens is 2. The Balaban J connectivity index is 1.80. The molecule has 0 atom stereocenters. The second kappa shape index (κ2) is 6.67. The topological polar surface area (TPSA) is 27.1 Å². The molecule has 22 heavy (non-hydrogen) atoms. The maximum Gasteiger partial charge on any atom is 0.124 e. The van der Waals surface area contributed by atoms with E-state index >= 15 is 0 Å². The molecule has 2 aromatic carbocycles. The van der Waals surface area contributed by atoms with Crippen LogP contribution in [0.5, 0.6) is 5.75 Å². The van der Waals surface area contributed by atoms with Crippen LogP contribution >= 0.6 is 11.6 Å². The van der Waals surface area contributed by atoms with Crippen LogP contribution in [-0.2, 0) is 13.2 Å². The van der Waals surface area contributed by atoms with Crippen LogP contribution in [0.4, 0.5) is 0 Å². The summed E-state index contributed by atoms with van der Waals surface area (Å²) in [5.41, 5.74) is 3.18. The van der Waals surface area contributed by atoms with E-state index in [2.05, 4.69) is 11.3 Å². The van der Waals surface area contributed by atoms with Crippen molar-refractivity contribution >= 4 is 11.6 Å². The summed E-state index contributed by atoms with van der Waals surface area (Å²) in [6, 6.07) is 17.6. The Morgan fingerprint density at radius 1 is 1.18 bits per heavy atom. The number of hydrogen-bond acceptors (Lipinski definition) is 2. The summed E-state index contributed by atoms with van der Waals surface area (Å²) in [4.78, 5) is 0. The number of ether oxygens (including phenoxy) is 1. The fraction of sp³-hybridized carbons (Fsp3) is 0.167. The van der Waals surface area contributed by atoms with Gasteiger partial charge in [-0.3, -0.25) is 4.68 Å². The number of hydrogen-bond donors (Lipinski definition) is 0. The SMILES string of the molecule is Cc1c[c]nn1Cc1cc(Cl)ccc1OCc1ccccc1. The molecule has 0 saturated heterocycles. The monoisotopic (exact) mass is 311 g/mol. The van der Waals surface area contributed by atoms with Crippen molar-refractivity contribution in [2.24, 2.45) is 0 Å². The zero-order valence-electron chi connectivity index (χ0n) is 12.3. The number of halogens is 1. The highest BCUT2D eigenvalue weighted by molar-refractivity contribution is 6.30. The highest BCUT2D eigenvalue weighted by Crippen LogP contribution is 2.25. The lowest BCUT2D eigenvalue weighted by Gasteiger charge is -2.13. The standard InChI is InChI=1S/C18H16ClN2O/c1-14-9-10-20-21(14)12-16-11-17(19)7-8-18(16)22-13-15-5-3-2-4-6-15/h2-9,11H,12-13H2,1H3. The maximum absolute atomic E-state index is 6.12. The van der Waals surface area contributed by atoms with Gasteiger partial charge in [-0.1, -0.05) is 41.9 Å². The van der Waals surface area contributed by atoms with E-state index in [1.165, 1.54) is 0 Å². The Bertz CT molecular complexity index is 753. The summed E-state index contributed by atoms with van der Waals surface area (Å²) in [5.74, 6) is 0.822. The molecule has 111 valence electrons. The smallest absolute Gasteiger partial charge is 0.124 e. The van der Waals surface area contributed by atoms with Crippen LogP contribution in [-0.4, -0.2) is 9.78 Å². The minimum absolute atomic E-state index is 0.527. The molecule has 0 aliphatic carbocycles. The van der Waals surface area contributed by atoms with Gasteiger partial charge in [-0.25, -0.2) is 0 Å². The third kappa shape index (κ3) is 3.49. The third-order valence-corrected chi connectivity index (χ3v) is 3.67. The first-order valence-corrected chi connectivity index (χ1v) is 7.46. The Hall–Kier alpha value is -2.26. The van der Waals surface area contributed by atoms with Gasteiger partial charge in [-0.15, -0.1) is 0 Å². The summed E-state index contributed by atoms with van der Waals surface area (Å²) in [6.07, 6.45) is 2.85. The zero-order chi connectivity index (χ0) is 15.4. The van der Waals surface area contributed by atoms with Crippen molar-refractivity contribution in [2.45, 2.75) is 20.1 Å². The van der Waals surface area contributed by atoms with Crippen LogP contribution in [0.2, 0.25) is 5.02 Å². The fourth-order valence-corrected chi connectivity index (χ4v) is 2.41. The molecular formula is C18H16ClN2O. The van der Waals surface area contributed by atoms with Crippen LogP contribution in [0.15, 0.2) is 54.6 Å². The van der Waals surface area contributed by atoms with E-state index in [1.54, 1.807) is 0 Å². The van der Waals surface area contributed by atoms with Crippen molar-refractivity contribution in [1.29, 1.82) is 0 Å². The summed E-state index contributed by atoms with van der Waals surface area (Å²) in [7, 11) is 0. The molecule has 4 heteroatoms. The third-order valence-electron chi connectivity index (χ3n) is 3.44. The molecule has 3 aromatic rings. The second-order valence-corrected chi connectivity index (χ2v) is 5.54. The second-order valence-electron chi connectivity index (χ2n) is 5.10. The molecule has 3 nitrogen and oxygen atoms in total. The molecule has 1 radical (unpaired) electrons. The minimum Gasteiger partial charge on any atom is -0.489 e. The van der Waals surface area contributed by atoms with Gasteiger partial charge in [0.1, 0.15) is 18.6 Å². The lowest BCUT2D eigenvalue weighted by molar-refractivity contribution is 0.302. The Labute approximate surface area is 135 Å². The van der Waals surface area contributed by atoms with Gasteiger partial charge in [-0.05, 0) is 36.8 Å². The van der Waals surface area contributed by atoms with Gasteiger partial charge in [0.05, 0.1) is 6.54 Å². The van der Waals surface area contributed by atoms with E-state index in [4.69, 9.17) is 16.3 Å². The largest absolute Gasteiger partial charge is 0.489 e. The van der Waals surface area contributed by atoms with Crippen LogP contribution in [0.1, 0.15) is 16.8 Å². The molecule has 0 N–H and O–H groups in total.